The lowest BCUT2D eigenvalue weighted by Crippen LogP contribution is -2.22. The molecule has 1 aliphatic rings. The zero-order chi connectivity index (χ0) is 23.7. The van der Waals surface area contributed by atoms with Gasteiger partial charge in [-0.2, -0.15) is 10.4 Å². The van der Waals surface area contributed by atoms with Crippen molar-refractivity contribution in [2.45, 2.75) is 19.8 Å². The molecule has 0 aliphatic carbocycles. The molecule has 1 amide bonds. The van der Waals surface area contributed by atoms with Gasteiger partial charge < -0.3 is 25.7 Å². The molecule has 3 aromatic rings. The maximum Gasteiger partial charge on any atom is 0.255 e. The molecule has 0 bridgehead atoms. The van der Waals surface area contributed by atoms with Crippen LogP contribution in [0.15, 0.2) is 53.9 Å². The summed E-state index contributed by atoms with van der Waals surface area (Å²) in [5.74, 6) is 0.0760. The first-order chi connectivity index (χ1) is 15.8. The van der Waals surface area contributed by atoms with Crippen molar-refractivity contribution in [1.29, 1.82) is 5.26 Å². The molecule has 2 heterocycles. The number of rotatable bonds is 6. The second-order valence-corrected chi connectivity index (χ2v) is 7.64. The first-order valence-electron chi connectivity index (χ1n) is 10.2. The number of fused-ring (bicyclic) bond motifs is 1. The summed E-state index contributed by atoms with van der Waals surface area (Å²) in [6, 6.07) is 15.2. The van der Waals surface area contributed by atoms with Crippen molar-refractivity contribution in [1.82, 2.24) is 9.78 Å². The number of amides is 1. The molecule has 9 nitrogen and oxygen atoms in total. The summed E-state index contributed by atoms with van der Waals surface area (Å²) in [7, 11) is 1.49. The smallest absolute Gasteiger partial charge is 0.255 e. The van der Waals surface area contributed by atoms with Crippen molar-refractivity contribution < 1.29 is 19.0 Å². The molecule has 4 rings (SSSR count). The number of nitrogens with zero attached hydrogens (tertiary/aromatic N) is 3. The molecule has 9 heteroatoms. The Kier molecular flexibility index (Phi) is 5.67. The highest BCUT2D eigenvalue weighted by atomic mass is 16.5. The molecule has 0 unspecified atom stereocenters. The number of allylic oxidation sites excluding steroid dienone is 1. The van der Waals surface area contributed by atoms with E-state index in [0.29, 0.717) is 23.1 Å². The summed E-state index contributed by atoms with van der Waals surface area (Å²) < 4.78 is 18.5. The minimum absolute atomic E-state index is 0.0104. The standard InChI is InChI=1S/C24H23N5O4/c1-13-4-7-16(8-5-13)29-24-21(14(2)28-29)22(17(11-25)23(27)33-24)15-6-9-18(19(10-15)31-3)32-12-20(26)30/h4-10,22H,12,27H2,1-3H3,(H2,26,30)/t22-/m0/s1. The molecule has 0 spiro atoms. The molecule has 0 radical (unpaired) electrons. The summed E-state index contributed by atoms with van der Waals surface area (Å²) in [6.07, 6.45) is 0. The maximum absolute atomic E-state index is 11.1. The van der Waals surface area contributed by atoms with Crippen molar-refractivity contribution in [2.75, 3.05) is 13.7 Å². The molecular formula is C24H23N5O4. The predicted octanol–water partition coefficient (Wildman–Crippen LogP) is 2.58. The second-order valence-electron chi connectivity index (χ2n) is 7.64. The van der Waals surface area contributed by atoms with Crippen LogP contribution in [0.1, 0.15) is 28.3 Å². The topological polar surface area (TPSA) is 138 Å². The molecule has 168 valence electrons. The lowest BCUT2D eigenvalue weighted by Gasteiger charge is -2.25. The number of nitrogens with two attached hydrogens (primary N) is 2. The van der Waals surface area contributed by atoms with Crippen LogP contribution in [-0.4, -0.2) is 29.4 Å². The Morgan fingerprint density at radius 1 is 1.21 bits per heavy atom. The zero-order valence-electron chi connectivity index (χ0n) is 18.5. The van der Waals surface area contributed by atoms with E-state index in [4.69, 9.17) is 25.7 Å². The highest BCUT2D eigenvalue weighted by Gasteiger charge is 2.36. The van der Waals surface area contributed by atoms with Crippen molar-refractivity contribution in [3.05, 3.63) is 76.3 Å². The fraction of sp³-hybridized carbons (Fsp3) is 0.208. The molecule has 4 N–H and O–H groups in total. The third-order valence-electron chi connectivity index (χ3n) is 5.40. The van der Waals surface area contributed by atoms with Crippen LogP contribution < -0.4 is 25.7 Å². The van der Waals surface area contributed by atoms with Crippen LogP contribution in [0, 0.1) is 25.2 Å². The van der Waals surface area contributed by atoms with E-state index >= 15 is 0 Å². The van der Waals surface area contributed by atoms with E-state index in [1.165, 1.54) is 7.11 Å². The van der Waals surface area contributed by atoms with Gasteiger partial charge in [-0.25, -0.2) is 4.68 Å². The molecule has 1 aromatic heterocycles. The third-order valence-corrected chi connectivity index (χ3v) is 5.40. The van der Waals surface area contributed by atoms with Crippen molar-refractivity contribution in [3.63, 3.8) is 0 Å². The maximum atomic E-state index is 11.1. The largest absolute Gasteiger partial charge is 0.493 e. The van der Waals surface area contributed by atoms with Crippen LogP contribution in [0.25, 0.3) is 5.69 Å². The number of ether oxygens (including phenoxy) is 3. The number of aryl methyl sites for hydroxylation is 2. The molecule has 33 heavy (non-hydrogen) atoms. The Hall–Kier alpha value is -4.45. The van der Waals surface area contributed by atoms with Crippen molar-refractivity contribution >= 4 is 5.91 Å². The van der Waals surface area contributed by atoms with Crippen LogP contribution in [0.3, 0.4) is 0 Å². The van der Waals surface area contributed by atoms with Gasteiger partial charge in [-0.3, -0.25) is 4.79 Å². The first-order valence-corrected chi connectivity index (χ1v) is 10.2. The Balaban J connectivity index is 1.85. The lowest BCUT2D eigenvalue weighted by atomic mass is 9.84. The van der Waals surface area contributed by atoms with E-state index in [-0.39, 0.29) is 18.1 Å². The summed E-state index contributed by atoms with van der Waals surface area (Å²) >= 11 is 0. The van der Waals surface area contributed by atoms with Gasteiger partial charge >= 0.3 is 0 Å². The molecule has 1 atom stereocenters. The summed E-state index contributed by atoms with van der Waals surface area (Å²) in [6.45, 7) is 3.58. The van der Waals surface area contributed by atoms with E-state index in [1.807, 2.05) is 38.1 Å². The van der Waals surface area contributed by atoms with Gasteiger partial charge in [-0.1, -0.05) is 23.8 Å². The Bertz CT molecular complexity index is 1300. The summed E-state index contributed by atoms with van der Waals surface area (Å²) in [4.78, 5) is 11.1. The van der Waals surface area contributed by atoms with Gasteiger partial charge in [0.15, 0.2) is 18.1 Å². The summed E-state index contributed by atoms with van der Waals surface area (Å²) in [5.41, 5.74) is 15.7. The summed E-state index contributed by atoms with van der Waals surface area (Å²) in [5, 5.41) is 14.6. The number of aromatic nitrogens is 2. The number of carbonyl (C=O) groups excluding carboxylic acids is 1. The van der Waals surface area contributed by atoms with E-state index in [1.54, 1.807) is 22.9 Å². The van der Waals surface area contributed by atoms with Crippen LogP contribution >= 0.6 is 0 Å². The average Bonchev–Trinajstić information content (AvgIpc) is 3.12. The van der Waals surface area contributed by atoms with Crippen molar-refractivity contribution in [3.8, 4) is 29.1 Å². The minimum Gasteiger partial charge on any atom is -0.493 e. The molecule has 1 aliphatic heterocycles. The quantitative estimate of drug-likeness (QED) is 0.594. The van der Waals surface area contributed by atoms with Crippen LogP contribution in [0.5, 0.6) is 17.4 Å². The van der Waals surface area contributed by atoms with Gasteiger partial charge in [0.05, 0.1) is 30.0 Å². The van der Waals surface area contributed by atoms with Crippen LogP contribution in [-0.2, 0) is 4.79 Å². The lowest BCUT2D eigenvalue weighted by molar-refractivity contribution is -0.119. The Morgan fingerprint density at radius 3 is 2.58 bits per heavy atom. The van der Waals surface area contributed by atoms with E-state index in [0.717, 1.165) is 22.4 Å². The van der Waals surface area contributed by atoms with Crippen LogP contribution in [0.4, 0.5) is 0 Å². The van der Waals surface area contributed by atoms with Gasteiger partial charge in [0, 0.05) is 0 Å². The SMILES string of the molecule is COc1cc([C@H]2C(C#N)=C(N)Oc3c2c(C)nn3-c2ccc(C)cc2)ccc1OCC(N)=O. The molecule has 2 aromatic carbocycles. The number of carbonyl (C=O) groups is 1. The number of primary amides is 1. The van der Waals surface area contributed by atoms with E-state index in [2.05, 4.69) is 11.2 Å². The number of methoxy groups -OCH3 is 1. The molecule has 0 saturated heterocycles. The number of hydrogen-bond donors (Lipinski definition) is 2. The van der Waals surface area contributed by atoms with Crippen LogP contribution in [0.2, 0.25) is 0 Å². The number of hydrogen-bond acceptors (Lipinski definition) is 7. The van der Waals surface area contributed by atoms with Gasteiger partial charge in [0.1, 0.15) is 11.6 Å². The van der Waals surface area contributed by atoms with Gasteiger partial charge in [-0.15, -0.1) is 0 Å². The normalized spacial score (nSPS) is 14.8. The Labute approximate surface area is 190 Å². The minimum atomic E-state index is -0.600. The van der Waals surface area contributed by atoms with Gasteiger partial charge in [-0.05, 0) is 43.7 Å². The van der Waals surface area contributed by atoms with Gasteiger partial charge in [0.25, 0.3) is 5.91 Å². The molecule has 0 fully saturated rings. The average molecular weight is 445 g/mol. The molecule has 0 saturated carbocycles. The number of nitriles is 1. The number of benzene rings is 2. The first kappa shape index (κ1) is 21.8. The monoisotopic (exact) mass is 445 g/mol. The van der Waals surface area contributed by atoms with E-state index < -0.39 is 11.8 Å². The fourth-order valence-corrected chi connectivity index (χ4v) is 3.84. The highest BCUT2D eigenvalue weighted by molar-refractivity contribution is 5.75. The van der Waals surface area contributed by atoms with Gasteiger partial charge in [0.2, 0.25) is 11.8 Å². The second kappa shape index (κ2) is 8.59. The fourth-order valence-electron chi connectivity index (χ4n) is 3.84. The van der Waals surface area contributed by atoms with E-state index in [9.17, 15) is 10.1 Å². The molecular weight excluding hydrogens is 422 g/mol. The zero-order valence-corrected chi connectivity index (χ0v) is 18.5. The highest BCUT2D eigenvalue weighted by Crippen LogP contribution is 2.46. The van der Waals surface area contributed by atoms with Crippen molar-refractivity contribution in [2.24, 2.45) is 11.5 Å². The Morgan fingerprint density at radius 2 is 1.94 bits per heavy atom. The third kappa shape index (κ3) is 3.94. The predicted molar refractivity (Wildman–Crippen MR) is 120 cm³/mol.